The fraction of sp³-hybridized carbons (Fsp3) is 0.545. The maximum atomic E-state index is 11.7. The van der Waals surface area contributed by atoms with Crippen LogP contribution in [0.3, 0.4) is 0 Å². The smallest absolute Gasteiger partial charge is 0.270 e. The monoisotopic (exact) mass is 271 g/mol. The van der Waals surface area contributed by atoms with Crippen LogP contribution in [0.2, 0.25) is 0 Å². The van der Waals surface area contributed by atoms with Gasteiger partial charge in [-0.15, -0.1) is 0 Å². The molecule has 100 valence electrons. The van der Waals surface area contributed by atoms with Crippen LogP contribution in [-0.2, 0) is 9.84 Å². The first kappa shape index (κ1) is 14.6. The van der Waals surface area contributed by atoms with E-state index in [4.69, 9.17) is 0 Å². The van der Waals surface area contributed by atoms with Gasteiger partial charge in [-0.05, 0) is 12.5 Å². The minimum absolute atomic E-state index is 0.0712. The van der Waals surface area contributed by atoms with Gasteiger partial charge in [-0.2, -0.15) is 0 Å². The van der Waals surface area contributed by atoms with Crippen molar-refractivity contribution in [2.75, 3.05) is 12.8 Å². The molecule has 0 saturated heterocycles. The molecule has 1 aromatic heterocycles. The molecule has 18 heavy (non-hydrogen) atoms. The molecule has 0 radical (unpaired) electrons. The molecule has 0 aliphatic heterocycles. The van der Waals surface area contributed by atoms with Crippen LogP contribution in [0.15, 0.2) is 17.4 Å². The van der Waals surface area contributed by atoms with Crippen molar-refractivity contribution in [3.63, 3.8) is 0 Å². The van der Waals surface area contributed by atoms with Crippen LogP contribution in [-0.4, -0.2) is 37.1 Å². The van der Waals surface area contributed by atoms with Gasteiger partial charge in [0.1, 0.15) is 5.69 Å². The van der Waals surface area contributed by atoms with Gasteiger partial charge >= 0.3 is 0 Å². The molecular weight excluding hydrogens is 254 g/mol. The molecule has 0 fully saturated rings. The zero-order valence-corrected chi connectivity index (χ0v) is 11.3. The maximum absolute atomic E-state index is 11.7. The summed E-state index contributed by atoms with van der Waals surface area (Å²) in [5.74, 6) is -0.376. The molecule has 1 rings (SSSR count). The van der Waals surface area contributed by atoms with Crippen molar-refractivity contribution < 1.29 is 13.2 Å². The molecule has 0 bridgehead atoms. The molecule has 0 spiro atoms. The van der Waals surface area contributed by atoms with Gasteiger partial charge in [-0.3, -0.25) is 4.79 Å². The normalized spacial score (nSPS) is 11.2. The summed E-state index contributed by atoms with van der Waals surface area (Å²) in [5, 5.41) is 2.36. The highest BCUT2D eigenvalue weighted by Gasteiger charge is 2.14. The van der Waals surface area contributed by atoms with E-state index in [2.05, 4.69) is 22.2 Å². The van der Waals surface area contributed by atoms with E-state index >= 15 is 0 Å². The Morgan fingerprint density at radius 2 is 2.11 bits per heavy atom. The quantitative estimate of drug-likeness (QED) is 0.610. The standard InChI is InChI=1S/C11H17N3O3S/c1-3-4-5-7-12-10(15)9-6-8-13-11(14-9)18(2,16)17/h6,8H,3-5,7H2,1-2H3,(H,12,15). The number of carbonyl (C=O) groups is 1. The summed E-state index contributed by atoms with van der Waals surface area (Å²) in [6.45, 7) is 2.63. The van der Waals surface area contributed by atoms with Gasteiger partial charge in [0.05, 0.1) is 0 Å². The molecule has 0 atom stereocenters. The lowest BCUT2D eigenvalue weighted by Crippen LogP contribution is -2.26. The van der Waals surface area contributed by atoms with Crippen molar-refractivity contribution in [1.29, 1.82) is 0 Å². The first-order chi connectivity index (χ1) is 8.45. The van der Waals surface area contributed by atoms with Gasteiger partial charge in [0.15, 0.2) is 0 Å². The second kappa shape index (κ2) is 6.44. The average Bonchev–Trinajstić information content (AvgIpc) is 2.33. The highest BCUT2D eigenvalue weighted by Crippen LogP contribution is 2.02. The second-order valence-electron chi connectivity index (χ2n) is 3.96. The predicted molar refractivity (Wildman–Crippen MR) is 67.0 cm³/mol. The van der Waals surface area contributed by atoms with Crippen LogP contribution < -0.4 is 5.32 Å². The summed E-state index contributed by atoms with van der Waals surface area (Å²) >= 11 is 0. The van der Waals surface area contributed by atoms with Crippen molar-refractivity contribution >= 4 is 15.7 Å². The van der Waals surface area contributed by atoms with E-state index in [1.165, 1.54) is 12.3 Å². The Labute approximate surface area is 107 Å². The number of hydrogen-bond acceptors (Lipinski definition) is 5. The fourth-order valence-electron chi connectivity index (χ4n) is 1.31. The maximum Gasteiger partial charge on any atom is 0.270 e. The highest BCUT2D eigenvalue weighted by molar-refractivity contribution is 7.90. The number of aromatic nitrogens is 2. The van der Waals surface area contributed by atoms with Crippen LogP contribution in [0, 0.1) is 0 Å². The van der Waals surface area contributed by atoms with E-state index in [0.717, 1.165) is 25.5 Å². The Morgan fingerprint density at radius 1 is 1.39 bits per heavy atom. The summed E-state index contributed by atoms with van der Waals surface area (Å²) in [5.41, 5.74) is 0.0712. The zero-order valence-electron chi connectivity index (χ0n) is 10.5. The first-order valence-electron chi connectivity index (χ1n) is 5.76. The molecular formula is C11H17N3O3S. The Morgan fingerprint density at radius 3 is 2.72 bits per heavy atom. The molecule has 0 saturated carbocycles. The Bertz CT molecular complexity index is 514. The van der Waals surface area contributed by atoms with Crippen molar-refractivity contribution in [2.24, 2.45) is 0 Å². The van der Waals surface area contributed by atoms with Crippen molar-refractivity contribution in [3.05, 3.63) is 18.0 Å². The number of sulfone groups is 1. The van der Waals surface area contributed by atoms with Gasteiger partial charge < -0.3 is 5.32 Å². The Hall–Kier alpha value is -1.50. The van der Waals surface area contributed by atoms with E-state index in [-0.39, 0.29) is 16.8 Å². The van der Waals surface area contributed by atoms with Crippen molar-refractivity contribution in [2.45, 2.75) is 31.3 Å². The number of rotatable bonds is 6. The predicted octanol–water partition coefficient (Wildman–Crippen LogP) is 0.800. The summed E-state index contributed by atoms with van der Waals surface area (Å²) in [7, 11) is -3.49. The van der Waals surface area contributed by atoms with E-state index in [1.54, 1.807) is 0 Å². The average molecular weight is 271 g/mol. The van der Waals surface area contributed by atoms with E-state index in [0.29, 0.717) is 6.54 Å². The largest absolute Gasteiger partial charge is 0.351 e. The topological polar surface area (TPSA) is 89.0 Å². The van der Waals surface area contributed by atoms with E-state index in [9.17, 15) is 13.2 Å². The zero-order chi connectivity index (χ0) is 13.6. The summed E-state index contributed by atoms with van der Waals surface area (Å²) in [4.78, 5) is 19.0. The highest BCUT2D eigenvalue weighted by atomic mass is 32.2. The van der Waals surface area contributed by atoms with E-state index < -0.39 is 9.84 Å². The molecule has 0 aromatic carbocycles. The minimum Gasteiger partial charge on any atom is -0.351 e. The molecule has 1 amide bonds. The number of carbonyl (C=O) groups excluding carboxylic acids is 1. The minimum atomic E-state index is -3.49. The van der Waals surface area contributed by atoms with Crippen molar-refractivity contribution in [3.8, 4) is 0 Å². The van der Waals surface area contributed by atoms with Crippen LogP contribution in [0.1, 0.15) is 36.7 Å². The van der Waals surface area contributed by atoms with Gasteiger partial charge in [-0.25, -0.2) is 18.4 Å². The number of hydrogen-bond donors (Lipinski definition) is 1. The molecule has 6 nitrogen and oxygen atoms in total. The van der Waals surface area contributed by atoms with Gasteiger partial charge in [0.2, 0.25) is 15.0 Å². The molecule has 1 aromatic rings. The summed E-state index contributed by atoms with van der Waals surface area (Å²) in [6.07, 6.45) is 5.28. The number of unbranched alkanes of at least 4 members (excludes halogenated alkanes) is 2. The number of nitrogens with one attached hydrogen (secondary N) is 1. The summed E-state index contributed by atoms with van der Waals surface area (Å²) in [6, 6.07) is 1.39. The molecule has 1 N–H and O–H groups in total. The Balaban J connectivity index is 2.69. The first-order valence-corrected chi connectivity index (χ1v) is 7.65. The lowest BCUT2D eigenvalue weighted by molar-refractivity contribution is 0.0947. The molecule has 0 unspecified atom stereocenters. The van der Waals surface area contributed by atoms with E-state index in [1.807, 2.05) is 0 Å². The SMILES string of the molecule is CCCCCNC(=O)c1ccnc(S(C)(=O)=O)n1. The number of nitrogens with zero attached hydrogens (tertiary/aromatic N) is 2. The molecule has 7 heteroatoms. The number of amides is 1. The third-order valence-corrected chi connectivity index (χ3v) is 3.12. The van der Waals surface area contributed by atoms with Crippen LogP contribution in [0.5, 0.6) is 0 Å². The molecule has 1 heterocycles. The van der Waals surface area contributed by atoms with Crippen molar-refractivity contribution in [1.82, 2.24) is 15.3 Å². The lowest BCUT2D eigenvalue weighted by atomic mass is 10.2. The lowest BCUT2D eigenvalue weighted by Gasteiger charge is -2.04. The second-order valence-corrected chi connectivity index (χ2v) is 5.87. The molecule has 0 aliphatic rings. The molecule has 0 aliphatic carbocycles. The van der Waals surface area contributed by atoms with Gasteiger partial charge in [0.25, 0.3) is 5.91 Å². The van der Waals surface area contributed by atoms with Crippen LogP contribution >= 0.6 is 0 Å². The Kier molecular flexibility index (Phi) is 5.21. The van der Waals surface area contributed by atoms with Gasteiger partial charge in [0, 0.05) is 19.0 Å². The fourth-order valence-corrected chi connectivity index (χ4v) is 1.83. The third kappa shape index (κ3) is 4.40. The summed E-state index contributed by atoms with van der Waals surface area (Å²) < 4.78 is 22.5. The van der Waals surface area contributed by atoms with Gasteiger partial charge in [-0.1, -0.05) is 19.8 Å². The van der Waals surface area contributed by atoms with Crippen LogP contribution in [0.4, 0.5) is 0 Å². The van der Waals surface area contributed by atoms with Crippen LogP contribution in [0.25, 0.3) is 0 Å². The third-order valence-electron chi connectivity index (χ3n) is 2.26.